The van der Waals surface area contributed by atoms with Gasteiger partial charge in [0.15, 0.2) is 0 Å². The van der Waals surface area contributed by atoms with Gasteiger partial charge in [-0.05, 0) is 11.6 Å². The van der Waals surface area contributed by atoms with E-state index in [0.29, 0.717) is 23.7 Å². The minimum absolute atomic E-state index is 0.300. The summed E-state index contributed by atoms with van der Waals surface area (Å²) in [5.74, 6) is 1.22. The van der Waals surface area contributed by atoms with Gasteiger partial charge in [0.2, 0.25) is 0 Å². The van der Waals surface area contributed by atoms with Gasteiger partial charge in [-0.15, -0.1) is 0 Å². The highest BCUT2D eigenvalue weighted by Crippen LogP contribution is 2.25. The van der Waals surface area contributed by atoms with Crippen LogP contribution >= 0.6 is 15.9 Å². The van der Waals surface area contributed by atoms with Crippen molar-refractivity contribution in [3.8, 4) is 11.5 Å². The van der Waals surface area contributed by atoms with E-state index in [-0.39, 0.29) is 6.03 Å². The molecule has 2 rings (SSSR count). The number of urea groups is 1. The Balaban J connectivity index is 1.98. The lowest BCUT2D eigenvalue weighted by Gasteiger charge is -2.11. The zero-order valence-corrected chi connectivity index (χ0v) is 13.9. The molecule has 0 atom stereocenters. The lowest BCUT2D eigenvalue weighted by atomic mass is 10.2. The van der Waals surface area contributed by atoms with Crippen LogP contribution in [0.1, 0.15) is 5.56 Å². The lowest BCUT2D eigenvalue weighted by Crippen LogP contribution is -2.28. The Labute approximate surface area is 137 Å². The van der Waals surface area contributed by atoms with Gasteiger partial charge in [0.1, 0.15) is 11.5 Å². The average Bonchev–Trinajstić information content (AvgIpc) is 2.53. The van der Waals surface area contributed by atoms with Crippen molar-refractivity contribution in [2.24, 2.45) is 0 Å². The molecule has 0 radical (unpaired) electrons. The molecule has 5 nitrogen and oxygen atoms in total. The first kappa shape index (κ1) is 16.2. The minimum Gasteiger partial charge on any atom is -0.497 e. The number of nitrogens with one attached hydrogen (secondary N) is 2. The molecule has 0 fully saturated rings. The Kier molecular flexibility index (Phi) is 5.66. The Morgan fingerprint density at radius 3 is 2.32 bits per heavy atom. The second-order valence-electron chi connectivity index (χ2n) is 4.50. The van der Waals surface area contributed by atoms with Crippen molar-refractivity contribution in [3.05, 3.63) is 52.5 Å². The van der Waals surface area contributed by atoms with E-state index < -0.39 is 0 Å². The van der Waals surface area contributed by atoms with E-state index in [1.165, 1.54) is 0 Å². The van der Waals surface area contributed by atoms with Crippen LogP contribution in [0.15, 0.2) is 46.9 Å². The minimum atomic E-state index is -0.300. The number of amides is 2. The lowest BCUT2D eigenvalue weighted by molar-refractivity contribution is 0.251. The molecule has 0 aliphatic heterocycles. The topological polar surface area (TPSA) is 59.6 Å². The van der Waals surface area contributed by atoms with Crippen LogP contribution in [-0.2, 0) is 6.54 Å². The van der Waals surface area contributed by atoms with Crippen LogP contribution in [0.3, 0.4) is 0 Å². The number of anilines is 1. The number of benzene rings is 2. The van der Waals surface area contributed by atoms with Crippen molar-refractivity contribution >= 4 is 27.6 Å². The molecule has 116 valence electrons. The van der Waals surface area contributed by atoms with E-state index in [9.17, 15) is 4.79 Å². The summed E-state index contributed by atoms with van der Waals surface area (Å²) in [6.07, 6.45) is 0. The summed E-state index contributed by atoms with van der Waals surface area (Å²) in [7, 11) is 3.12. The van der Waals surface area contributed by atoms with Gasteiger partial charge in [-0.2, -0.15) is 0 Å². The van der Waals surface area contributed by atoms with Crippen LogP contribution in [0.4, 0.5) is 10.5 Å². The van der Waals surface area contributed by atoms with Crippen LogP contribution in [0.5, 0.6) is 11.5 Å². The number of halogens is 1. The molecule has 0 spiro atoms. The Hall–Kier alpha value is -2.21. The van der Waals surface area contributed by atoms with E-state index in [4.69, 9.17) is 9.47 Å². The molecule has 0 bridgehead atoms. The quantitative estimate of drug-likeness (QED) is 0.848. The average molecular weight is 365 g/mol. The first-order chi connectivity index (χ1) is 10.6. The van der Waals surface area contributed by atoms with Gasteiger partial charge in [-0.25, -0.2) is 4.79 Å². The molecular weight excluding hydrogens is 348 g/mol. The normalized spacial score (nSPS) is 9.95. The van der Waals surface area contributed by atoms with Gasteiger partial charge in [-0.3, -0.25) is 0 Å². The number of hydrogen-bond acceptors (Lipinski definition) is 3. The summed E-state index contributed by atoms with van der Waals surface area (Å²) in [4.78, 5) is 12.0. The molecule has 2 aromatic carbocycles. The largest absolute Gasteiger partial charge is 0.497 e. The van der Waals surface area contributed by atoms with Gasteiger partial charge in [-0.1, -0.05) is 34.1 Å². The molecule has 0 aliphatic rings. The van der Waals surface area contributed by atoms with Crippen LogP contribution < -0.4 is 20.1 Å². The molecule has 0 heterocycles. The number of carbonyl (C=O) groups is 1. The van der Waals surface area contributed by atoms with Crippen molar-refractivity contribution < 1.29 is 14.3 Å². The third-order valence-electron chi connectivity index (χ3n) is 3.01. The molecule has 2 N–H and O–H groups in total. The number of rotatable bonds is 5. The number of methoxy groups -OCH3 is 2. The predicted molar refractivity (Wildman–Crippen MR) is 89.5 cm³/mol. The summed E-state index contributed by atoms with van der Waals surface area (Å²) in [6.45, 7) is 0.425. The smallest absolute Gasteiger partial charge is 0.319 e. The third kappa shape index (κ3) is 4.39. The fraction of sp³-hybridized carbons (Fsp3) is 0.188. The maximum atomic E-state index is 12.0. The highest BCUT2D eigenvalue weighted by molar-refractivity contribution is 9.10. The maximum Gasteiger partial charge on any atom is 0.319 e. The number of ether oxygens (including phenoxy) is 2. The zero-order chi connectivity index (χ0) is 15.9. The fourth-order valence-electron chi connectivity index (χ4n) is 1.87. The van der Waals surface area contributed by atoms with Gasteiger partial charge in [0, 0.05) is 34.9 Å². The van der Waals surface area contributed by atoms with E-state index in [0.717, 1.165) is 10.0 Å². The molecule has 0 saturated carbocycles. The van der Waals surface area contributed by atoms with Gasteiger partial charge < -0.3 is 20.1 Å². The summed E-state index contributed by atoms with van der Waals surface area (Å²) in [5.41, 5.74) is 1.60. The summed E-state index contributed by atoms with van der Waals surface area (Å²) >= 11 is 3.45. The van der Waals surface area contributed by atoms with Crippen LogP contribution in [-0.4, -0.2) is 20.3 Å². The van der Waals surface area contributed by atoms with Crippen molar-refractivity contribution in [3.63, 3.8) is 0 Å². The summed E-state index contributed by atoms with van der Waals surface area (Å²) in [5, 5.41) is 5.56. The fourth-order valence-corrected chi connectivity index (χ4v) is 2.30. The first-order valence-corrected chi connectivity index (χ1v) is 7.43. The Morgan fingerprint density at radius 2 is 1.73 bits per heavy atom. The highest BCUT2D eigenvalue weighted by atomic mass is 79.9. The molecule has 2 amide bonds. The van der Waals surface area contributed by atoms with Crippen molar-refractivity contribution in [2.45, 2.75) is 6.54 Å². The molecule has 0 aliphatic carbocycles. The van der Waals surface area contributed by atoms with E-state index in [1.807, 2.05) is 24.3 Å². The van der Waals surface area contributed by atoms with E-state index in [1.54, 1.807) is 32.4 Å². The van der Waals surface area contributed by atoms with E-state index in [2.05, 4.69) is 26.6 Å². The summed E-state index contributed by atoms with van der Waals surface area (Å²) < 4.78 is 11.3. The van der Waals surface area contributed by atoms with Crippen molar-refractivity contribution in [1.82, 2.24) is 5.32 Å². The summed E-state index contributed by atoms with van der Waals surface area (Å²) in [6, 6.07) is 12.6. The monoisotopic (exact) mass is 364 g/mol. The molecule has 0 unspecified atom stereocenters. The van der Waals surface area contributed by atoms with Gasteiger partial charge in [0.25, 0.3) is 0 Å². The SMILES string of the molecule is COc1cc(NC(=O)NCc2ccccc2Br)cc(OC)c1. The molecule has 0 saturated heterocycles. The van der Waals surface area contributed by atoms with Gasteiger partial charge in [0.05, 0.1) is 14.2 Å². The van der Waals surface area contributed by atoms with Crippen LogP contribution in [0, 0.1) is 0 Å². The van der Waals surface area contributed by atoms with Crippen molar-refractivity contribution in [1.29, 1.82) is 0 Å². The third-order valence-corrected chi connectivity index (χ3v) is 3.78. The van der Waals surface area contributed by atoms with Crippen LogP contribution in [0.2, 0.25) is 0 Å². The molecule has 2 aromatic rings. The maximum absolute atomic E-state index is 12.0. The predicted octanol–water partition coefficient (Wildman–Crippen LogP) is 3.79. The molecule has 6 heteroatoms. The van der Waals surface area contributed by atoms with Crippen LogP contribution in [0.25, 0.3) is 0 Å². The second-order valence-corrected chi connectivity index (χ2v) is 5.35. The highest BCUT2D eigenvalue weighted by Gasteiger charge is 2.06. The molecular formula is C16H17BrN2O3. The van der Waals surface area contributed by atoms with E-state index >= 15 is 0 Å². The standard InChI is InChI=1S/C16H17BrN2O3/c1-21-13-7-12(8-14(9-13)22-2)19-16(20)18-10-11-5-3-4-6-15(11)17/h3-9H,10H2,1-2H3,(H2,18,19,20). The molecule has 22 heavy (non-hydrogen) atoms. The Morgan fingerprint density at radius 1 is 1.09 bits per heavy atom. The Bertz CT molecular complexity index is 639. The first-order valence-electron chi connectivity index (χ1n) is 6.63. The second kappa shape index (κ2) is 7.70. The van der Waals surface area contributed by atoms with Crippen molar-refractivity contribution in [2.75, 3.05) is 19.5 Å². The molecule has 0 aromatic heterocycles. The number of carbonyl (C=O) groups excluding carboxylic acids is 1. The number of hydrogen-bond donors (Lipinski definition) is 2. The van der Waals surface area contributed by atoms with Gasteiger partial charge >= 0.3 is 6.03 Å². The zero-order valence-electron chi connectivity index (χ0n) is 12.4.